The average molecular weight is 375 g/mol. The Morgan fingerprint density at radius 2 is 2.15 bits per heavy atom. The maximum Gasteiger partial charge on any atom is 0.318 e. The summed E-state index contributed by atoms with van der Waals surface area (Å²) in [4.78, 5) is 23.4. The fourth-order valence-corrected chi connectivity index (χ4v) is 3.88. The number of amides is 2. The molecular formula is C19H26N4O2S. The van der Waals surface area contributed by atoms with Crippen molar-refractivity contribution in [3.63, 3.8) is 0 Å². The summed E-state index contributed by atoms with van der Waals surface area (Å²) in [6.45, 7) is 6.25. The number of carbonyl (C=O) groups excluding carboxylic acids is 1. The van der Waals surface area contributed by atoms with Gasteiger partial charge in [-0.1, -0.05) is 0 Å². The molecule has 0 aliphatic carbocycles. The molecule has 3 rings (SSSR count). The molecule has 1 aliphatic rings. The minimum Gasteiger partial charge on any atom is -0.374 e. The van der Waals surface area contributed by atoms with Crippen LogP contribution in [0.4, 0.5) is 4.79 Å². The highest BCUT2D eigenvalue weighted by Gasteiger charge is 2.21. The lowest BCUT2D eigenvalue weighted by Crippen LogP contribution is -2.48. The highest BCUT2D eigenvalue weighted by Crippen LogP contribution is 2.18. The van der Waals surface area contributed by atoms with Crippen LogP contribution in [0.1, 0.15) is 15.3 Å². The number of hydrogen-bond donors (Lipinski definition) is 1. The molecule has 140 valence electrons. The summed E-state index contributed by atoms with van der Waals surface area (Å²) in [5, 5.41) is 3.04. The second-order valence-corrected chi connectivity index (χ2v) is 8.04. The Morgan fingerprint density at radius 3 is 2.85 bits per heavy atom. The van der Waals surface area contributed by atoms with E-state index < -0.39 is 0 Å². The molecule has 0 aromatic carbocycles. The topological polar surface area (TPSA) is 57.7 Å². The van der Waals surface area contributed by atoms with Gasteiger partial charge in [-0.25, -0.2) is 4.79 Å². The first-order chi connectivity index (χ1) is 12.6. The molecule has 0 unspecified atom stereocenters. The van der Waals surface area contributed by atoms with E-state index in [4.69, 9.17) is 4.74 Å². The lowest BCUT2D eigenvalue weighted by molar-refractivity contribution is -0.0173. The van der Waals surface area contributed by atoms with Gasteiger partial charge in [-0.05, 0) is 43.8 Å². The lowest BCUT2D eigenvalue weighted by atomic mass is 10.2. The van der Waals surface area contributed by atoms with E-state index in [9.17, 15) is 4.79 Å². The number of aromatic nitrogens is 1. The molecule has 0 radical (unpaired) electrons. The molecule has 1 N–H and O–H groups in total. The van der Waals surface area contributed by atoms with Gasteiger partial charge in [-0.3, -0.25) is 4.98 Å². The van der Waals surface area contributed by atoms with Crippen molar-refractivity contribution in [2.75, 3.05) is 33.3 Å². The van der Waals surface area contributed by atoms with Crippen molar-refractivity contribution in [3.05, 3.63) is 52.0 Å². The van der Waals surface area contributed by atoms with Gasteiger partial charge in [-0.2, -0.15) is 0 Å². The smallest absolute Gasteiger partial charge is 0.318 e. The largest absolute Gasteiger partial charge is 0.374 e. The molecule has 0 saturated carbocycles. The number of morpholine rings is 1. The second kappa shape index (κ2) is 9.12. The number of carbonyl (C=O) groups is 1. The fourth-order valence-electron chi connectivity index (χ4n) is 2.97. The van der Waals surface area contributed by atoms with Crippen molar-refractivity contribution in [1.82, 2.24) is 20.1 Å². The zero-order valence-electron chi connectivity index (χ0n) is 15.4. The minimum atomic E-state index is -0.0651. The molecule has 2 aromatic rings. The SMILES string of the molecule is Cc1ccc(CN(Cc2ccncc2)C(=O)NC[C@@H]2CN(C)CCO2)s1. The third kappa shape index (κ3) is 5.52. The van der Waals surface area contributed by atoms with E-state index in [0.717, 1.165) is 18.7 Å². The number of nitrogens with one attached hydrogen (secondary N) is 1. The summed E-state index contributed by atoms with van der Waals surface area (Å²) in [5.74, 6) is 0. The van der Waals surface area contributed by atoms with Crippen LogP contribution in [0, 0.1) is 6.92 Å². The van der Waals surface area contributed by atoms with Gasteiger partial charge in [-0.15, -0.1) is 11.3 Å². The lowest BCUT2D eigenvalue weighted by Gasteiger charge is -2.31. The fraction of sp³-hybridized carbons (Fsp3) is 0.474. The highest BCUT2D eigenvalue weighted by atomic mass is 32.1. The molecule has 2 aromatic heterocycles. The Labute approximate surface area is 158 Å². The number of aryl methyl sites for hydroxylation is 1. The zero-order chi connectivity index (χ0) is 18.4. The molecule has 1 saturated heterocycles. The Morgan fingerprint density at radius 1 is 1.35 bits per heavy atom. The van der Waals surface area contributed by atoms with Crippen molar-refractivity contribution in [2.24, 2.45) is 0 Å². The van der Waals surface area contributed by atoms with Crippen molar-refractivity contribution in [3.8, 4) is 0 Å². The van der Waals surface area contributed by atoms with Gasteiger partial charge >= 0.3 is 6.03 Å². The van der Waals surface area contributed by atoms with Crippen molar-refractivity contribution >= 4 is 17.4 Å². The third-order valence-electron chi connectivity index (χ3n) is 4.38. The van der Waals surface area contributed by atoms with E-state index in [-0.39, 0.29) is 12.1 Å². The van der Waals surface area contributed by atoms with Crippen LogP contribution in [0.3, 0.4) is 0 Å². The van der Waals surface area contributed by atoms with Gasteiger partial charge in [0.25, 0.3) is 0 Å². The molecule has 1 fully saturated rings. The molecule has 1 aliphatic heterocycles. The van der Waals surface area contributed by atoms with Crippen LogP contribution >= 0.6 is 11.3 Å². The standard InChI is InChI=1S/C19H26N4O2S/c1-15-3-4-18(26-15)14-23(12-16-5-7-20-8-6-16)19(24)21-11-17-13-22(2)9-10-25-17/h3-8,17H,9-14H2,1-2H3,(H,21,24)/t17-/m1/s1. The van der Waals surface area contributed by atoms with E-state index >= 15 is 0 Å². The van der Waals surface area contributed by atoms with Gasteiger partial charge in [0.15, 0.2) is 0 Å². The molecule has 6 nitrogen and oxygen atoms in total. The summed E-state index contributed by atoms with van der Waals surface area (Å²) < 4.78 is 5.74. The van der Waals surface area contributed by atoms with Crippen LogP contribution in [-0.4, -0.2) is 60.2 Å². The van der Waals surface area contributed by atoms with E-state index in [2.05, 4.69) is 41.3 Å². The molecule has 7 heteroatoms. The normalized spacial score (nSPS) is 17.8. The molecule has 3 heterocycles. The molecule has 0 bridgehead atoms. The number of nitrogens with zero attached hydrogens (tertiary/aromatic N) is 3. The summed E-state index contributed by atoms with van der Waals surface area (Å²) in [6.07, 6.45) is 3.56. The second-order valence-electron chi connectivity index (χ2n) is 6.66. The van der Waals surface area contributed by atoms with Crippen molar-refractivity contribution in [2.45, 2.75) is 26.1 Å². The van der Waals surface area contributed by atoms with Crippen LogP contribution in [0.5, 0.6) is 0 Å². The summed E-state index contributed by atoms with van der Waals surface area (Å²) in [7, 11) is 2.08. The van der Waals surface area contributed by atoms with Crippen LogP contribution in [0.25, 0.3) is 0 Å². The first-order valence-corrected chi connectivity index (χ1v) is 9.69. The first kappa shape index (κ1) is 18.8. The summed E-state index contributed by atoms with van der Waals surface area (Å²) >= 11 is 1.73. The maximum absolute atomic E-state index is 12.8. The molecule has 26 heavy (non-hydrogen) atoms. The number of rotatable bonds is 6. The van der Waals surface area contributed by atoms with Gasteiger partial charge in [0.1, 0.15) is 0 Å². The van der Waals surface area contributed by atoms with E-state index in [1.165, 1.54) is 9.75 Å². The van der Waals surface area contributed by atoms with Gasteiger partial charge in [0.2, 0.25) is 0 Å². The van der Waals surface area contributed by atoms with Gasteiger partial charge in [0, 0.05) is 48.3 Å². The monoisotopic (exact) mass is 374 g/mol. The number of likely N-dealkylation sites (N-methyl/N-ethyl adjacent to an activating group) is 1. The molecular weight excluding hydrogens is 348 g/mol. The molecule has 2 amide bonds. The predicted octanol–water partition coefficient (Wildman–Crippen LogP) is 2.49. The average Bonchev–Trinajstić information content (AvgIpc) is 3.05. The molecule has 1 atom stereocenters. The van der Waals surface area contributed by atoms with Gasteiger partial charge < -0.3 is 19.9 Å². The van der Waals surface area contributed by atoms with Crippen molar-refractivity contribution in [1.29, 1.82) is 0 Å². The van der Waals surface area contributed by atoms with Crippen LogP contribution in [-0.2, 0) is 17.8 Å². The first-order valence-electron chi connectivity index (χ1n) is 8.87. The summed E-state index contributed by atoms with van der Waals surface area (Å²) in [5.41, 5.74) is 1.07. The highest BCUT2D eigenvalue weighted by molar-refractivity contribution is 7.11. The number of ether oxygens (including phenoxy) is 1. The van der Waals surface area contributed by atoms with Crippen LogP contribution < -0.4 is 5.32 Å². The van der Waals surface area contributed by atoms with Crippen molar-refractivity contribution < 1.29 is 9.53 Å². The van der Waals surface area contributed by atoms with Gasteiger partial charge in [0.05, 0.1) is 19.3 Å². The minimum absolute atomic E-state index is 0.0458. The Balaban J connectivity index is 1.62. The summed E-state index contributed by atoms with van der Waals surface area (Å²) in [6, 6.07) is 8.00. The Kier molecular flexibility index (Phi) is 6.60. The predicted molar refractivity (Wildman–Crippen MR) is 103 cm³/mol. The Bertz CT molecular complexity index is 707. The van der Waals surface area contributed by atoms with E-state index in [1.807, 2.05) is 17.0 Å². The zero-order valence-corrected chi connectivity index (χ0v) is 16.2. The molecule has 0 spiro atoms. The number of urea groups is 1. The maximum atomic E-state index is 12.8. The van der Waals surface area contributed by atoms with E-state index in [0.29, 0.717) is 26.2 Å². The van der Waals surface area contributed by atoms with Crippen LogP contribution in [0.2, 0.25) is 0 Å². The number of pyridine rings is 1. The van der Waals surface area contributed by atoms with Crippen LogP contribution in [0.15, 0.2) is 36.7 Å². The third-order valence-corrected chi connectivity index (χ3v) is 5.36. The number of hydrogen-bond acceptors (Lipinski definition) is 5. The number of thiophene rings is 1. The Hall–Kier alpha value is -1.96. The van der Waals surface area contributed by atoms with E-state index in [1.54, 1.807) is 23.7 Å². The quantitative estimate of drug-likeness (QED) is 0.844.